The second-order valence-corrected chi connectivity index (χ2v) is 6.60. The molecule has 0 aliphatic carbocycles. The molecule has 1 rings (SSSR count). The number of nitrogens with zero attached hydrogens (tertiary/aromatic N) is 1. The van der Waals surface area contributed by atoms with Crippen LogP contribution in [-0.2, 0) is 9.84 Å². The maximum absolute atomic E-state index is 11.1. The number of sulfone groups is 1. The maximum atomic E-state index is 11.1. The molecule has 0 heterocycles. The van der Waals surface area contributed by atoms with Crippen LogP contribution in [-0.4, -0.2) is 38.0 Å². The van der Waals surface area contributed by atoms with Crippen LogP contribution in [0.15, 0.2) is 35.5 Å². The van der Waals surface area contributed by atoms with Crippen molar-refractivity contribution in [2.45, 2.75) is 12.5 Å². The van der Waals surface area contributed by atoms with Gasteiger partial charge >= 0.3 is 0 Å². The van der Waals surface area contributed by atoms with E-state index >= 15 is 0 Å². The Morgan fingerprint density at radius 1 is 1.42 bits per heavy atom. The Kier molecular flexibility index (Phi) is 5.78. The zero-order valence-corrected chi connectivity index (χ0v) is 11.6. The van der Waals surface area contributed by atoms with Gasteiger partial charge in [0.15, 0.2) is 0 Å². The van der Waals surface area contributed by atoms with Gasteiger partial charge in [0.1, 0.15) is 15.7 Å². The molecule has 1 atom stereocenters. The van der Waals surface area contributed by atoms with Crippen LogP contribution < -0.4 is 11.1 Å². The van der Waals surface area contributed by atoms with Gasteiger partial charge < -0.3 is 16.3 Å². The van der Waals surface area contributed by atoms with Gasteiger partial charge in [-0.1, -0.05) is 35.5 Å². The topological polar surface area (TPSA) is 105 Å². The monoisotopic (exact) mass is 285 g/mol. The molecule has 0 saturated carbocycles. The molecule has 0 bridgehead atoms. The number of hydrogen-bond donors (Lipinski definition) is 3. The van der Waals surface area contributed by atoms with Gasteiger partial charge in [-0.05, 0) is 5.56 Å². The summed E-state index contributed by atoms with van der Waals surface area (Å²) in [7, 11) is -3.01. The predicted molar refractivity (Wildman–Crippen MR) is 74.9 cm³/mol. The molecule has 19 heavy (non-hydrogen) atoms. The number of oxime groups is 1. The highest BCUT2D eigenvalue weighted by Crippen LogP contribution is 2.16. The van der Waals surface area contributed by atoms with Gasteiger partial charge in [-0.3, -0.25) is 0 Å². The van der Waals surface area contributed by atoms with E-state index < -0.39 is 9.84 Å². The molecule has 1 unspecified atom stereocenters. The minimum absolute atomic E-state index is 0.0481. The number of hydrogen-bond acceptors (Lipinski definition) is 5. The molecule has 1 aromatic rings. The summed E-state index contributed by atoms with van der Waals surface area (Å²) in [6.45, 7) is 0.317. The number of benzene rings is 1. The van der Waals surface area contributed by atoms with E-state index in [4.69, 9.17) is 10.9 Å². The molecular formula is C12H19N3O3S. The lowest BCUT2D eigenvalue weighted by molar-refractivity contribution is 0.315. The van der Waals surface area contributed by atoms with E-state index in [1.807, 2.05) is 30.3 Å². The molecule has 0 aliphatic rings. The highest BCUT2D eigenvalue weighted by Gasteiger charge is 2.13. The molecule has 0 saturated heterocycles. The molecule has 0 amide bonds. The average molecular weight is 285 g/mol. The molecule has 0 fully saturated rings. The van der Waals surface area contributed by atoms with Gasteiger partial charge in [0, 0.05) is 25.3 Å². The third kappa shape index (κ3) is 6.21. The Balaban J connectivity index is 2.71. The van der Waals surface area contributed by atoms with Crippen LogP contribution in [0.25, 0.3) is 0 Å². The Labute approximate surface area is 113 Å². The summed E-state index contributed by atoms with van der Waals surface area (Å²) < 4.78 is 22.2. The number of nitrogens with one attached hydrogen (secondary N) is 1. The van der Waals surface area contributed by atoms with Crippen LogP contribution in [0.2, 0.25) is 0 Å². The van der Waals surface area contributed by atoms with Crippen LogP contribution in [0.4, 0.5) is 0 Å². The SMILES string of the molecule is CS(=O)(=O)CCNC(CC(N)=NO)c1ccccc1. The van der Waals surface area contributed by atoms with E-state index in [9.17, 15) is 8.42 Å². The Bertz CT molecular complexity index is 514. The van der Waals surface area contributed by atoms with Crippen molar-refractivity contribution < 1.29 is 13.6 Å². The van der Waals surface area contributed by atoms with E-state index in [1.165, 1.54) is 6.26 Å². The van der Waals surface area contributed by atoms with E-state index in [0.29, 0.717) is 13.0 Å². The molecule has 0 aromatic heterocycles. The first-order valence-electron chi connectivity index (χ1n) is 5.85. The molecule has 0 spiro atoms. The third-order valence-corrected chi connectivity index (χ3v) is 3.55. The molecule has 1 aromatic carbocycles. The van der Waals surface area contributed by atoms with Gasteiger partial charge in [-0.15, -0.1) is 0 Å². The second kappa shape index (κ2) is 7.10. The lowest BCUT2D eigenvalue weighted by atomic mass is 10.0. The molecule has 0 aliphatic heterocycles. The van der Waals surface area contributed by atoms with Crippen molar-refractivity contribution in [3.63, 3.8) is 0 Å². The summed E-state index contributed by atoms with van der Waals surface area (Å²) in [5.74, 6) is 0.146. The van der Waals surface area contributed by atoms with Crippen LogP contribution in [0, 0.1) is 0 Å². The summed E-state index contributed by atoms with van der Waals surface area (Å²) in [4.78, 5) is 0. The van der Waals surface area contributed by atoms with Crippen molar-refractivity contribution in [1.29, 1.82) is 0 Å². The first kappa shape index (κ1) is 15.5. The van der Waals surface area contributed by atoms with Crippen LogP contribution >= 0.6 is 0 Å². The largest absolute Gasteiger partial charge is 0.409 e. The van der Waals surface area contributed by atoms with Gasteiger partial charge in [-0.2, -0.15) is 0 Å². The zero-order valence-electron chi connectivity index (χ0n) is 10.8. The predicted octanol–water partition coefficient (Wildman–Crippen LogP) is 0.498. The minimum Gasteiger partial charge on any atom is -0.409 e. The van der Waals surface area contributed by atoms with Gasteiger partial charge in [-0.25, -0.2) is 8.42 Å². The van der Waals surface area contributed by atoms with E-state index in [0.717, 1.165) is 5.56 Å². The first-order valence-corrected chi connectivity index (χ1v) is 7.91. The fourth-order valence-corrected chi connectivity index (χ4v) is 2.15. The van der Waals surface area contributed by atoms with Crippen molar-refractivity contribution in [3.05, 3.63) is 35.9 Å². The lowest BCUT2D eigenvalue weighted by Gasteiger charge is -2.18. The smallest absolute Gasteiger partial charge is 0.148 e. The van der Waals surface area contributed by atoms with Crippen LogP contribution in [0.3, 0.4) is 0 Å². The second-order valence-electron chi connectivity index (χ2n) is 4.34. The molecule has 6 nitrogen and oxygen atoms in total. The van der Waals surface area contributed by atoms with Crippen molar-refractivity contribution in [3.8, 4) is 0 Å². The quantitative estimate of drug-likeness (QED) is 0.293. The fraction of sp³-hybridized carbons (Fsp3) is 0.417. The highest BCUT2D eigenvalue weighted by atomic mass is 32.2. The van der Waals surface area contributed by atoms with Crippen molar-refractivity contribution in [1.82, 2.24) is 5.32 Å². The van der Waals surface area contributed by atoms with Crippen molar-refractivity contribution in [2.24, 2.45) is 10.9 Å². The number of amidine groups is 1. The lowest BCUT2D eigenvalue weighted by Crippen LogP contribution is -2.30. The van der Waals surface area contributed by atoms with Crippen molar-refractivity contribution in [2.75, 3.05) is 18.6 Å². The number of nitrogens with two attached hydrogens (primary N) is 1. The van der Waals surface area contributed by atoms with E-state index in [2.05, 4.69) is 10.5 Å². The summed E-state index contributed by atoms with van der Waals surface area (Å²) in [5.41, 5.74) is 6.47. The van der Waals surface area contributed by atoms with Gasteiger partial charge in [0.25, 0.3) is 0 Å². The highest BCUT2D eigenvalue weighted by molar-refractivity contribution is 7.90. The molecule has 106 valence electrons. The fourth-order valence-electron chi connectivity index (χ4n) is 1.66. The molecule has 4 N–H and O–H groups in total. The summed E-state index contributed by atoms with van der Waals surface area (Å²) in [6.07, 6.45) is 1.50. The first-order chi connectivity index (χ1) is 8.92. The Morgan fingerprint density at radius 2 is 2.05 bits per heavy atom. The zero-order chi connectivity index (χ0) is 14.3. The van der Waals surface area contributed by atoms with E-state index in [-0.39, 0.29) is 17.6 Å². The Morgan fingerprint density at radius 3 is 2.58 bits per heavy atom. The number of rotatable bonds is 7. The summed E-state index contributed by atoms with van der Waals surface area (Å²) >= 11 is 0. The standard InChI is InChI=1S/C12H19N3O3S/c1-19(17,18)8-7-14-11(9-12(13)15-16)10-5-3-2-4-6-10/h2-6,11,14,16H,7-9H2,1H3,(H2,13,15). The Hall–Kier alpha value is -1.60. The van der Waals surface area contributed by atoms with Crippen molar-refractivity contribution >= 4 is 15.7 Å². The maximum Gasteiger partial charge on any atom is 0.148 e. The van der Waals surface area contributed by atoms with Crippen LogP contribution in [0.5, 0.6) is 0 Å². The van der Waals surface area contributed by atoms with E-state index in [1.54, 1.807) is 0 Å². The average Bonchev–Trinajstić information content (AvgIpc) is 2.37. The minimum atomic E-state index is -3.01. The van der Waals surface area contributed by atoms with Gasteiger partial charge in [0.2, 0.25) is 0 Å². The van der Waals surface area contributed by atoms with Gasteiger partial charge in [0.05, 0.1) is 5.75 Å². The molecule has 0 radical (unpaired) electrons. The van der Waals surface area contributed by atoms with Crippen LogP contribution in [0.1, 0.15) is 18.0 Å². The normalized spacial score (nSPS) is 14.3. The summed E-state index contributed by atoms with van der Waals surface area (Å²) in [5, 5.41) is 14.7. The summed E-state index contributed by atoms with van der Waals surface area (Å²) in [6, 6.07) is 9.28. The molecule has 7 heteroatoms. The third-order valence-electron chi connectivity index (χ3n) is 2.61. The molecular weight excluding hydrogens is 266 g/mol.